The number of thiophene rings is 1. The van der Waals surface area contributed by atoms with Gasteiger partial charge >= 0.3 is 5.97 Å². The molecule has 0 unspecified atom stereocenters. The summed E-state index contributed by atoms with van der Waals surface area (Å²) in [5.74, 6) is 0.427. The van der Waals surface area contributed by atoms with Crippen LogP contribution >= 0.6 is 22.9 Å². The number of carbonyl (C=O) groups excluding carboxylic acids is 2. The Labute approximate surface area is 182 Å². The first-order valence-corrected chi connectivity index (χ1v) is 10.4. The number of ether oxygens (including phenoxy) is 2. The van der Waals surface area contributed by atoms with Crippen LogP contribution in [-0.2, 0) is 0 Å². The van der Waals surface area contributed by atoms with E-state index in [4.69, 9.17) is 21.1 Å². The first kappa shape index (κ1) is 20.1. The van der Waals surface area contributed by atoms with Crippen molar-refractivity contribution in [2.24, 2.45) is 0 Å². The molecule has 3 aromatic carbocycles. The molecule has 1 aromatic heterocycles. The quantitative estimate of drug-likeness (QED) is 0.208. The van der Waals surface area contributed by atoms with Crippen LogP contribution in [0.25, 0.3) is 10.1 Å². The predicted octanol–water partition coefficient (Wildman–Crippen LogP) is 6.32. The Bertz CT molecular complexity index is 1260. The number of hydrogen-bond acceptors (Lipinski definition) is 5. The number of halogens is 1. The van der Waals surface area contributed by atoms with Crippen molar-refractivity contribution >= 4 is 44.8 Å². The van der Waals surface area contributed by atoms with Gasteiger partial charge < -0.3 is 9.47 Å². The monoisotopic (exact) mass is 436 g/mol. The molecule has 0 saturated carbocycles. The molecule has 0 saturated heterocycles. The summed E-state index contributed by atoms with van der Waals surface area (Å²) in [5, 5.41) is 1.08. The molecule has 4 aromatic rings. The molecule has 4 rings (SSSR count). The minimum absolute atomic E-state index is 0.0851. The van der Waals surface area contributed by atoms with E-state index in [1.165, 1.54) is 11.3 Å². The molecule has 0 aliphatic rings. The summed E-state index contributed by atoms with van der Waals surface area (Å²) in [6.45, 7) is 1.79. The Morgan fingerprint density at radius 3 is 2.40 bits per heavy atom. The third kappa shape index (κ3) is 3.82. The molecule has 0 spiro atoms. The highest BCUT2D eigenvalue weighted by Gasteiger charge is 2.21. The van der Waals surface area contributed by atoms with Crippen LogP contribution in [0.5, 0.6) is 11.5 Å². The van der Waals surface area contributed by atoms with E-state index in [0.29, 0.717) is 38.1 Å². The maximum absolute atomic E-state index is 12.8. The van der Waals surface area contributed by atoms with Gasteiger partial charge in [-0.1, -0.05) is 41.9 Å². The fourth-order valence-electron chi connectivity index (χ4n) is 3.11. The molecule has 6 heteroatoms. The number of aryl methyl sites for hydroxylation is 1. The topological polar surface area (TPSA) is 52.6 Å². The molecule has 0 aliphatic carbocycles. The molecule has 150 valence electrons. The van der Waals surface area contributed by atoms with Crippen LogP contribution in [0.3, 0.4) is 0 Å². The summed E-state index contributed by atoms with van der Waals surface area (Å²) in [5.41, 5.74) is 1.82. The molecular formula is C24H17ClO4S. The third-order valence-electron chi connectivity index (χ3n) is 4.70. The van der Waals surface area contributed by atoms with Crippen LogP contribution in [0.1, 0.15) is 31.2 Å². The van der Waals surface area contributed by atoms with Gasteiger partial charge in [0.15, 0.2) is 5.78 Å². The summed E-state index contributed by atoms with van der Waals surface area (Å²) < 4.78 is 11.7. The minimum atomic E-state index is -0.537. The highest BCUT2D eigenvalue weighted by Crippen LogP contribution is 2.38. The van der Waals surface area contributed by atoms with Crippen molar-refractivity contribution in [3.63, 3.8) is 0 Å². The van der Waals surface area contributed by atoms with Gasteiger partial charge in [0.25, 0.3) is 0 Å². The molecular weight excluding hydrogens is 420 g/mol. The van der Waals surface area contributed by atoms with Crippen molar-refractivity contribution in [2.75, 3.05) is 7.11 Å². The van der Waals surface area contributed by atoms with Gasteiger partial charge in [-0.05, 0) is 48.9 Å². The van der Waals surface area contributed by atoms with Gasteiger partial charge in [-0.15, -0.1) is 11.3 Å². The number of methoxy groups -OCH3 is 1. The number of ketones is 1. The molecule has 0 amide bonds. The Kier molecular flexibility index (Phi) is 5.57. The molecule has 0 atom stereocenters. The molecule has 0 N–H and O–H groups in total. The van der Waals surface area contributed by atoms with E-state index in [1.54, 1.807) is 50.4 Å². The van der Waals surface area contributed by atoms with Crippen LogP contribution < -0.4 is 9.47 Å². The second kappa shape index (κ2) is 8.30. The molecule has 0 aliphatic heterocycles. The molecule has 0 bridgehead atoms. The van der Waals surface area contributed by atoms with Crippen molar-refractivity contribution in [2.45, 2.75) is 6.92 Å². The highest BCUT2D eigenvalue weighted by molar-refractivity contribution is 7.21. The van der Waals surface area contributed by atoms with Crippen molar-refractivity contribution in [3.05, 3.63) is 93.3 Å². The highest BCUT2D eigenvalue weighted by atomic mass is 35.5. The van der Waals surface area contributed by atoms with Gasteiger partial charge in [0.2, 0.25) is 0 Å². The second-order valence-corrected chi connectivity index (χ2v) is 8.10. The standard InChI is InChI=1S/C24H17ClO4S/c1-14-12-16(22(26)15-6-4-3-5-7-15)8-10-19(14)29-24(27)23-21(25)18-13-17(28-2)9-11-20(18)30-23/h3-13H,1-2H3. The smallest absolute Gasteiger partial charge is 0.355 e. The largest absolute Gasteiger partial charge is 0.497 e. The Morgan fingerprint density at radius 1 is 0.933 bits per heavy atom. The zero-order chi connectivity index (χ0) is 21.3. The minimum Gasteiger partial charge on any atom is -0.497 e. The summed E-state index contributed by atoms with van der Waals surface area (Å²) in [4.78, 5) is 25.7. The lowest BCUT2D eigenvalue weighted by atomic mass is 10.0. The summed E-state index contributed by atoms with van der Waals surface area (Å²) in [6.07, 6.45) is 0. The lowest BCUT2D eigenvalue weighted by molar-refractivity contribution is 0.0739. The first-order valence-electron chi connectivity index (χ1n) is 9.16. The number of fused-ring (bicyclic) bond motifs is 1. The van der Waals surface area contributed by atoms with E-state index in [2.05, 4.69) is 0 Å². The number of esters is 1. The van der Waals surface area contributed by atoms with Gasteiger partial charge in [0, 0.05) is 21.2 Å². The van der Waals surface area contributed by atoms with Crippen molar-refractivity contribution < 1.29 is 19.1 Å². The fraction of sp³-hybridized carbons (Fsp3) is 0.0833. The summed E-state index contributed by atoms with van der Waals surface area (Å²) >= 11 is 7.70. The van der Waals surface area contributed by atoms with Crippen LogP contribution in [-0.4, -0.2) is 18.9 Å². The van der Waals surface area contributed by atoms with Crippen LogP contribution in [0.15, 0.2) is 66.7 Å². The first-order chi connectivity index (χ1) is 14.5. The summed E-state index contributed by atoms with van der Waals surface area (Å²) in [6, 6.07) is 19.5. The number of rotatable bonds is 5. The lowest BCUT2D eigenvalue weighted by Crippen LogP contribution is -2.09. The van der Waals surface area contributed by atoms with Crippen molar-refractivity contribution in [1.82, 2.24) is 0 Å². The lowest BCUT2D eigenvalue weighted by Gasteiger charge is -2.09. The SMILES string of the molecule is COc1ccc2sc(C(=O)Oc3ccc(C(=O)c4ccccc4)cc3C)c(Cl)c2c1. The average molecular weight is 437 g/mol. The third-order valence-corrected chi connectivity index (χ3v) is 6.35. The van der Waals surface area contributed by atoms with Gasteiger partial charge in [0.05, 0.1) is 12.1 Å². The van der Waals surface area contributed by atoms with E-state index < -0.39 is 5.97 Å². The Balaban J connectivity index is 1.59. The maximum Gasteiger partial charge on any atom is 0.355 e. The Morgan fingerprint density at radius 2 is 1.70 bits per heavy atom. The Hall–Kier alpha value is -3.15. The van der Waals surface area contributed by atoms with Gasteiger partial charge in [-0.25, -0.2) is 4.79 Å². The fourth-order valence-corrected chi connectivity index (χ4v) is 4.47. The molecule has 0 fully saturated rings. The van der Waals surface area contributed by atoms with Crippen molar-refractivity contribution in [3.8, 4) is 11.5 Å². The number of carbonyl (C=O) groups is 2. The van der Waals surface area contributed by atoms with E-state index in [-0.39, 0.29) is 5.78 Å². The average Bonchev–Trinajstić information content (AvgIpc) is 3.11. The van der Waals surface area contributed by atoms with E-state index in [1.807, 2.05) is 30.3 Å². The van der Waals surface area contributed by atoms with Gasteiger partial charge in [0.1, 0.15) is 16.4 Å². The van der Waals surface area contributed by atoms with E-state index >= 15 is 0 Å². The number of benzene rings is 3. The normalized spacial score (nSPS) is 10.8. The van der Waals surface area contributed by atoms with Crippen LogP contribution in [0.4, 0.5) is 0 Å². The van der Waals surface area contributed by atoms with E-state index in [9.17, 15) is 9.59 Å². The van der Waals surface area contributed by atoms with Gasteiger partial charge in [-0.2, -0.15) is 0 Å². The van der Waals surface area contributed by atoms with Crippen LogP contribution in [0.2, 0.25) is 5.02 Å². The zero-order valence-electron chi connectivity index (χ0n) is 16.3. The molecule has 4 nitrogen and oxygen atoms in total. The number of hydrogen-bond donors (Lipinski definition) is 0. The molecule has 30 heavy (non-hydrogen) atoms. The maximum atomic E-state index is 12.8. The molecule has 0 radical (unpaired) electrons. The van der Waals surface area contributed by atoms with Gasteiger partial charge in [-0.3, -0.25) is 4.79 Å². The van der Waals surface area contributed by atoms with E-state index in [0.717, 1.165) is 10.1 Å². The van der Waals surface area contributed by atoms with Crippen LogP contribution in [0, 0.1) is 6.92 Å². The zero-order valence-corrected chi connectivity index (χ0v) is 17.8. The second-order valence-electron chi connectivity index (χ2n) is 6.67. The predicted molar refractivity (Wildman–Crippen MR) is 119 cm³/mol. The molecule has 1 heterocycles. The summed E-state index contributed by atoms with van der Waals surface area (Å²) in [7, 11) is 1.57. The van der Waals surface area contributed by atoms with Crippen molar-refractivity contribution in [1.29, 1.82) is 0 Å².